The van der Waals surface area contributed by atoms with Crippen molar-refractivity contribution in [2.45, 2.75) is 58.4 Å². The van der Waals surface area contributed by atoms with E-state index in [0.29, 0.717) is 5.75 Å². The van der Waals surface area contributed by atoms with Crippen molar-refractivity contribution in [3.8, 4) is 5.75 Å². The van der Waals surface area contributed by atoms with Crippen LogP contribution in [0.15, 0.2) is 30.3 Å². The van der Waals surface area contributed by atoms with Gasteiger partial charge in [-0.05, 0) is 12.1 Å². The van der Waals surface area contributed by atoms with Gasteiger partial charge in [0.2, 0.25) is 12.4 Å². The Bertz CT molecular complexity index is 762. The molecule has 0 amide bonds. The zero-order valence-corrected chi connectivity index (χ0v) is 17.1. The summed E-state index contributed by atoms with van der Waals surface area (Å²) in [5.41, 5.74) is 0. The number of para-hydroxylation sites is 1. The normalized spacial score (nSPS) is 25.5. The maximum atomic E-state index is 11.7. The summed E-state index contributed by atoms with van der Waals surface area (Å²) in [6.45, 7) is 4.36. The highest BCUT2D eigenvalue weighted by atomic mass is 16.7. The second kappa shape index (κ2) is 10.6. The molecule has 1 fully saturated rings. The third-order valence-electron chi connectivity index (χ3n) is 3.94. The van der Waals surface area contributed by atoms with Crippen LogP contribution in [0.4, 0.5) is 0 Å². The van der Waals surface area contributed by atoms with E-state index in [2.05, 4.69) is 0 Å². The molecule has 0 N–H and O–H groups in total. The Hall–Kier alpha value is -3.14. The molecule has 0 aromatic heterocycles. The lowest BCUT2D eigenvalue weighted by Crippen LogP contribution is -2.63. The van der Waals surface area contributed by atoms with Gasteiger partial charge in [0.05, 0.1) is 0 Å². The third kappa shape index (κ3) is 6.73. The molecular weight excluding hydrogens is 400 g/mol. The minimum absolute atomic E-state index is 0.313. The van der Waals surface area contributed by atoms with Gasteiger partial charge in [-0.3, -0.25) is 19.2 Å². The fourth-order valence-corrected chi connectivity index (χ4v) is 2.92. The number of benzene rings is 1. The molecule has 1 aliphatic heterocycles. The molecule has 164 valence electrons. The topological polar surface area (TPSA) is 124 Å². The van der Waals surface area contributed by atoms with Gasteiger partial charge in [-0.15, -0.1) is 0 Å². The number of carbonyl (C=O) groups is 4. The summed E-state index contributed by atoms with van der Waals surface area (Å²) < 4.78 is 32.6. The van der Waals surface area contributed by atoms with E-state index in [0.717, 1.165) is 20.8 Å². The third-order valence-corrected chi connectivity index (χ3v) is 3.94. The van der Waals surface area contributed by atoms with Crippen LogP contribution in [0.3, 0.4) is 0 Å². The van der Waals surface area contributed by atoms with Crippen molar-refractivity contribution in [3.63, 3.8) is 0 Å². The Morgan fingerprint density at radius 3 is 1.83 bits per heavy atom. The maximum Gasteiger partial charge on any atom is 0.303 e. The van der Waals surface area contributed by atoms with Crippen molar-refractivity contribution in [1.82, 2.24) is 0 Å². The molecule has 1 aromatic carbocycles. The number of hydrogen-bond acceptors (Lipinski definition) is 10. The predicted octanol–water partition coefficient (Wildman–Crippen LogP) is 1.15. The van der Waals surface area contributed by atoms with Crippen molar-refractivity contribution in [3.05, 3.63) is 30.3 Å². The highest BCUT2D eigenvalue weighted by molar-refractivity contribution is 5.68. The summed E-state index contributed by atoms with van der Waals surface area (Å²) in [6, 6.07) is 8.52. The van der Waals surface area contributed by atoms with Crippen molar-refractivity contribution in [2.75, 3.05) is 6.61 Å². The summed E-state index contributed by atoms with van der Waals surface area (Å²) in [7, 11) is 0. The van der Waals surface area contributed by atoms with E-state index in [1.54, 1.807) is 30.3 Å². The van der Waals surface area contributed by atoms with Crippen LogP contribution in [-0.2, 0) is 42.9 Å². The summed E-state index contributed by atoms with van der Waals surface area (Å²) in [5.74, 6) is -2.30. The SMILES string of the molecule is CC(=O)OC[C@H]1O[C@H](Oc2ccccc2)[C@H](OC(C)=O)[C@@H](OC(C)=O)[C@H]1OC(C)=O. The van der Waals surface area contributed by atoms with E-state index in [1.807, 2.05) is 0 Å². The van der Waals surface area contributed by atoms with E-state index >= 15 is 0 Å². The van der Waals surface area contributed by atoms with Gasteiger partial charge in [0, 0.05) is 27.7 Å². The molecule has 0 aliphatic carbocycles. The first-order valence-electron chi connectivity index (χ1n) is 9.19. The molecule has 1 aromatic rings. The Morgan fingerprint density at radius 2 is 1.30 bits per heavy atom. The van der Waals surface area contributed by atoms with Crippen LogP contribution >= 0.6 is 0 Å². The van der Waals surface area contributed by atoms with Gasteiger partial charge in [-0.2, -0.15) is 0 Å². The van der Waals surface area contributed by atoms with E-state index in [-0.39, 0.29) is 6.61 Å². The minimum atomic E-state index is -1.27. The van der Waals surface area contributed by atoms with E-state index in [9.17, 15) is 19.2 Å². The van der Waals surface area contributed by atoms with Gasteiger partial charge in [0.15, 0.2) is 12.2 Å². The summed E-state index contributed by atoms with van der Waals surface area (Å²) in [5, 5.41) is 0. The molecule has 1 aliphatic rings. The van der Waals surface area contributed by atoms with Crippen LogP contribution < -0.4 is 4.74 Å². The molecule has 10 nitrogen and oxygen atoms in total. The van der Waals surface area contributed by atoms with Gasteiger partial charge in [-0.1, -0.05) is 18.2 Å². The Balaban J connectivity index is 2.42. The average Bonchev–Trinajstić information content (AvgIpc) is 2.64. The van der Waals surface area contributed by atoms with Crippen LogP contribution in [0.1, 0.15) is 27.7 Å². The van der Waals surface area contributed by atoms with Gasteiger partial charge in [-0.25, -0.2) is 0 Å². The number of rotatable bonds is 7. The molecule has 2 rings (SSSR count). The molecule has 0 unspecified atom stereocenters. The number of hydrogen-bond donors (Lipinski definition) is 0. The molecule has 0 spiro atoms. The second-order valence-electron chi connectivity index (χ2n) is 6.50. The molecule has 10 heteroatoms. The molecule has 0 saturated carbocycles. The van der Waals surface area contributed by atoms with Crippen LogP contribution in [-0.4, -0.2) is 61.2 Å². The minimum Gasteiger partial charge on any atom is -0.463 e. The largest absolute Gasteiger partial charge is 0.463 e. The molecule has 1 saturated heterocycles. The molecule has 1 heterocycles. The lowest BCUT2D eigenvalue weighted by Gasteiger charge is -2.43. The number of carbonyl (C=O) groups excluding carboxylic acids is 4. The number of ether oxygens (including phenoxy) is 6. The first-order valence-corrected chi connectivity index (χ1v) is 9.19. The van der Waals surface area contributed by atoms with Crippen LogP contribution in [0.2, 0.25) is 0 Å². The van der Waals surface area contributed by atoms with Crippen molar-refractivity contribution in [1.29, 1.82) is 0 Å². The summed E-state index contributed by atoms with van der Waals surface area (Å²) >= 11 is 0. The smallest absolute Gasteiger partial charge is 0.303 e. The highest BCUT2D eigenvalue weighted by Gasteiger charge is 2.53. The zero-order chi connectivity index (χ0) is 22.3. The van der Waals surface area contributed by atoms with Gasteiger partial charge < -0.3 is 28.4 Å². The lowest BCUT2D eigenvalue weighted by molar-refractivity contribution is -0.288. The standard InChI is InChI=1S/C20H24O10/c1-11(21)25-10-16-17(26-12(2)22)18(27-13(3)23)19(28-14(4)24)20(30-16)29-15-8-6-5-7-9-15/h5-9,16-20H,10H2,1-4H3/t16-,17+,18+,19-,20+/m1/s1. The van der Waals surface area contributed by atoms with Crippen LogP contribution in [0, 0.1) is 0 Å². The van der Waals surface area contributed by atoms with Crippen molar-refractivity contribution in [2.24, 2.45) is 0 Å². The Morgan fingerprint density at radius 1 is 0.767 bits per heavy atom. The molecule has 0 bridgehead atoms. The van der Waals surface area contributed by atoms with Gasteiger partial charge in [0.1, 0.15) is 18.5 Å². The predicted molar refractivity (Wildman–Crippen MR) is 99.0 cm³/mol. The fourth-order valence-electron chi connectivity index (χ4n) is 2.92. The lowest BCUT2D eigenvalue weighted by atomic mass is 9.98. The molecule has 30 heavy (non-hydrogen) atoms. The molecule has 0 radical (unpaired) electrons. The monoisotopic (exact) mass is 424 g/mol. The first-order chi connectivity index (χ1) is 14.2. The number of esters is 4. The summed E-state index contributed by atoms with van der Waals surface area (Å²) in [6.07, 6.45) is -6.04. The summed E-state index contributed by atoms with van der Waals surface area (Å²) in [4.78, 5) is 46.4. The first kappa shape index (κ1) is 23.1. The van der Waals surface area contributed by atoms with Gasteiger partial charge >= 0.3 is 23.9 Å². The van der Waals surface area contributed by atoms with Crippen LogP contribution in [0.25, 0.3) is 0 Å². The molecular formula is C20H24O10. The van der Waals surface area contributed by atoms with Crippen LogP contribution in [0.5, 0.6) is 5.75 Å². The Labute approximate surface area is 173 Å². The van der Waals surface area contributed by atoms with E-state index < -0.39 is 54.6 Å². The quantitative estimate of drug-likeness (QED) is 0.465. The average molecular weight is 424 g/mol. The highest BCUT2D eigenvalue weighted by Crippen LogP contribution is 2.30. The van der Waals surface area contributed by atoms with Crippen molar-refractivity contribution >= 4 is 23.9 Å². The fraction of sp³-hybridized carbons (Fsp3) is 0.500. The van der Waals surface area contributed by atoms with Crippen molar-refractivity contribution < 1.29 is 47.6 Å². The van der Waals surface area contributed by atoms with Gasteiger partial charge in [0.25, 0.3) is 0 Å². The van der Waals surface area contributed by atoms with E-state index in [1.165, 1.54) is 6.92 Å². The zero-order valence-electron chi connectivity index (χ0n) is 17.1. The maximum absolute atomic E-state index is 11.7. The van der Waals surface area contributed by atoms with E-state index in [4.69, 9.17) is 28.4 Å². The molecule has 5 atom stereocenters. The Kier molecular flexibility index (Phi) is 8.16. The second-order valence-corrected chi connectivity index (χ2v) is 6.50.